The minimum absolute atomic E-state index is 0.0891. The van der Waals surface area contributed by atoms with Gasteiger partial charge in [-0.1, -0.05) is 27.7 Å². The van der Waals surface area contributed by atoms with Gasteiger partial charge in [-0.05, 0) is 19.3 Å². The van der Waals surface area contributed by atoms with Gasteiger partial charge in [0.05, 0.1) is 6.10 Å². The minimum Gasteiger partial charge on any atom is -0.371 e. The van der Waals surface area contributed by atoms with Crippen molar-refractivity contribution in [1.29, 1.82) is 0 Å². The molecule has 1 atom stereocenters. The lowest BCUT2D eigenvalue weighted by Crippen LogP contribution is -2.20. The predicted molar refractivity (Wildman–Crippen MR) is 54.7 cm³/mol. The van der Waals surface area contributed by atoms with E-state index in [0.29, 0.717) is 5.92 Å². The third-order valence-electron chi connectivity index (χ3n) is 1.96. The number of carbonyl (C=O) groups excluding carboxylic acids is 1. The number of Topliss-reactive ketones (excluding diaryl/α,β-unsaturated/α-hetero) is 1. The van der Waals surface area contributed by atoms with Crippen LogP contribution in [-0.2, 0) is 9.53 Å². The van der Waals surface area contributed by atoms with Crippen LogP contribution in [0.25, 0.3) is 0 Å². The van der Waals surface area contributed by atoms with Gasteiger partial charge in [0.25, 0.3) is 0 Å². The van der Waals surface area contributed by atoms with Crippen molar-refractivity contribution >= 4 is 5.78 Å². The van der Waals surface area contributed by atoms with Crippen molar-refractivity contribution in [2.75, 3.05) is 6.61 Å². The molecule has 0 bridgehead atoms. The van der Waals surface area contributed by atoms with Gasteiger partial charge in [0.2, 0.25) is 0 Å². The molecule has 0 fully saturated rings. The third kappa shape index (κ3) is 6.76. The van der Waals surface area contributed by atoms with Gasteiger partial charge in [0.1, 0.15) is 6.61 Å². The molecular formula is C11H22O2. The molecular weight excluding hydrogens is 164 g/mol. The molecule has 0 amide bonds. The minimum atomic E-state index is 0.0891. The Morgan fingerprint density at radius 1 is 1.15 bits per heavy atom. The van der Waals surface area contributed by atoms with Crippen LogP contribution < -0.4 is 0 Å². The first-order valence-electron chi connectivity index (χ1n) is 5.07. The van der Waals surface area contributed by atoms with Gasteiger partial charge in [-0.15, -0.1) is 0 Å². The van der Waals surface area contributed by atoms with E-state index in [-0.39, 0.29) is 24.4 Å². The van der Waals surface area contributed by atoms with Crippen LogP contribution in [0.5, 0.6) is 0 Å². The molecule has 0 aromatic heterocycles. The average molecular weight is 186 g/mol. The zero-order chi connectivity index (χ0) is 10.4. The molecule has 2 heteroatoms. The fourth-order valence-electron chi connectivity index (χ4n) is 1.12. The van der Waals surface area contributed by atoms with Crippen LogP contribution in [0.3, 0.4) is 0 Å². The van der Waals surface area contributed by atoms with E-state index in [1.807, 2.05) is 20.8 Å². The van der Waals surface area contributed by atoms with Crippen LogP contribution in [0.15, 0.2) is 0 Å². The summed E-state index contributed by atoms with van der Waals surface area (Å²) < 4.78 is 5.43. The van der Waals surface area contributed by atoms with Crippen LogP contribution in [0.4, 0.5) is 0 Å². The van der Waals surface area contributed by atoms with Crippen LogP contribution in [0.1, 0.15) is 41.0 Å². The van der Waals surface area contributed by atoms with Crippen LogP contribution >= 0.6 is 0 Å². The van der Waals surface area contributed by atoms with Gasteiger partial charge >= 0.3 is 0 Å². The van der Waals surface area contributed by atoms with Crippen molar-refractivity contribution in [2.45, 2.75) is 47.1 Å². The van der Waals surface area contributed by atoms with Gasteiger partial charge in [-0.25, -0.2) is 0 Å². The highest BCUT2D eigenvalue weighted by Gasteiger charge is 2.10. The summed E-state index contributed by atoms with van der Waals surface area (Å²) in [5.74, 6) is 0.908. The average Bonchev–Trinajstić information content (AvgIpc) is 1.98. The first-order chi connectivity index (χ1) is 5.93. The monoisotopic (exact) mass is 186 g/mol. The largest absolute Gasteiger partial charge is 0.371 e. The maximum Gasteiger partial charge on any atom is 0.160 e. The van der Waals surface area contributed by atoms with Gasteiger partial charge in [0.15, 0.2) is 5.78 Å². The first-order valence-corrected chi connectivity index (χ1v) is 5.07. The van der Waals surface area contributed by atoms with E-state index < -0.39 is 0 Å². The highest BCUT2D eigenvalue weighted by Crippen LogP contribution is 2.08. The second kappa shape index (κ2) is 6.14. The lowest BCUT2D eigenvalue weighted by atomic mass is 10.1. The summed E-state index contributed by atoms with van der Waals surface area (Å²) in [5, 5.41) is 0. The van der Waals surface area contributed by atoms with E-state index >= 15 is 0 Å². The van der Waals surface area contributed by atoms with Crippen LogP contribution in [0, 0.1) is 11.8 Å². The van der Waals surface area contributed by atoms with Crippen LogP contribution in [0.2, 0.25) is 0 Å². The lowest BCUT2D eigenvalue weighted by Gasteiger charge is -2.15. The molecule has 0 aromatic carbocycles. The summed E-state index contributed by atoms with van der Waals surface area (Å²) in [7, 11) is 0. The Morgan fingerprint density at radius 3 is 2.08 bits per heavy atom. The molecule has 1 unspecified atom stereocenters. The summed E-state index contributed by atoms with van der Waals surface area (Å²) in [4.78, 5) is 11.2. The van der Waals surface area contributed by atoms with Gasteiger partial charge in [0, 0.05) is 5.92 Å². The zero-order valence-corrected chi connectivity index (χ0v) is 9.46. The highest BCUT2D eigenvalue weighted by atomic mass is 16.5. The maximum absolute atomic E-state index is 11.2. The van der Waals surface area contributed by atoms with Crippen molar-refractivity contribution in [3.8, 4) is 0 Å². The Kier molecular flexibility index (Phi) is 5.97. The molecule has 0 saturated carbocycles. The molecule has 0 aliphatic carbocycles. The Hall–Kier alpha value is -0.370. The maximum atomic E-state index is 11.2. The summed E-state index contributed by atoms with van der Waals surface area (Å²) in [6.07, 6.45) is 1.22. The Labute approximate surface area is 81.7 Å². The smallest absolute Gasteiger partial charge is 0.160 e. The predicted octanol–water partition coefficient (Wildman–Crippen LogP) is 2.66. The number of ketones is 1. The Balaban J connectivity index is 3.58. The summed E-state index contributed by atoms with van der Waals surface area (Å²) in [5.41, 5.74) is 0. The van der Waals surface area contributed by atoms with Gasteiger partial charge in [-0.2, -0.15) is 0 Å². The van der Waals surface area contributed by atoms with Crippen molar-refractivity contribution in [1.82, 2.24) is 0 Å². The first kappa shape index (κ1) is 12.6. The molecule has 0 aromatic rings. The quantitative estimate of drug-likeness (QED) is 0.637. The lowest BCUT2D eigenvalue weighted by molar-refractivity contribution is -0.128. The molecule has 0 N–H and O–H groups in total. The summed E-state index contributed by atoms with van der Waals surface area (Å²) in [6.45, 7) is 10.4. The molecule has 0 radical (unpaired) electrons. The fourth-order valence-corrected chi connectivity index (χ4v) is 1.12. The Morgan fingerprint density at radius 2 is 1.69 bits per heavy atom. The van der Waals surface area contributed by atoms with E-state index in [4.69, 9.17) is 4.74 Å². The summed E-state index contributed by atoms with van der Waals surface area (Å²) in [6, 6.07) is 0. The third-order valence-corrected chi connectivity index (χ3v) is 1.96. The molecule has 0 spiro atoms. The second-order valence-corrected chi connectivity index (χ2v) is 4.37. The number of ether oxygens (including phenoxy) is 1. The van der Waals surface area contributed by atoms with E-state index in [1.165, 1.54) is 0 Å². The molecule has 0 rings (SSSR count). The topological polar surface area (TPSA) is 26.3 Å². The molecule has 0 heterocycles. The zero-order valence-electron chi connectivity index (χ0n) is 9.46. The normalized spacial score (nSPS) is 13.8. The van der Waals surface area contributed by atoms with Gasteiger partial charge < -0.3 is 4.74 Å². The molecule has 0 saturated heterocycles. The molecule has 0 aliphatic heterocycles. The second-order valence-electron chi connectivity index (χ2n) is 4.37. The SMILES string of the molecule is CC(C)CC(C)OCC(=O)C(C)C. The van der Waals surface area contributed by atoms with Crippen molar-refractivity contribution in [3.63, 3.8) is 0 Å². The van der Waals surface area contributed by atoms with Crippen molar-refractivity contribution < 1.29 is 9.53 Å². The highest BCUT2D eigenvalue weighted by molar-refractivity contribution is 5.81. The number of carbonyl (C=O) groups is 1. The fraction of sp³-hybridized carbons (Fsp3) is 0.909. The molecule has 2 nitrogen and oxygen atoms in total. The van der Waals surface area contributed by atoms with Gasteiger partial charge in [-0.3, -0.25) is 4.79 Å². The molecule has 13 heavy (non-hydrogen) atoms. The standard InChI is InChI=1S/C11H22O2/c1-8(2)6-10(5)13-7-11(12)9(3)4/h8-10H,6-7H2,1-5H3. The summed E-state index contributed by atoms with van der Waals surface area (Å²) >= 11 is 0. The number of hydrogen-bond acceptors (Lipinski definition) is 2. The van der Waals surface area contributed by atoms with E-state index in [0.717, 1.165) is 6.42 Å². The van der Waals surface area contributed by atoms with Crippen LogP contribution in [-0.4, -0.2) is 18.5 Å². The molecule has 78 valence electrons. The van der Waals surface area contributed by atoms with E-state index in [9.17, 15) is 4.79 Å². The van der Waals surface area contributed by atoms with E-state index in [2.05, 4.69) is 13.8 Å². The van der Waals surface area contributed by atoms with Crippen molar-refractivity contribution in [3.05, 3.63) is 0 Å². The Bertz CT molecular complexity index is 150. The van der Waals surface area contributed by atoms with Crippen molar-refractivity contribution in [2.24, 2.45) is 11.8 Å². The number of rotatable bonds is 6. The van der Waals surface area contributed by atoms with E-state index in [1.54, 1.807) is 0 Å². The molecule has 0 aliphatic rings. The number of hydrogen-bond donors (Lipinski definition) is 0.